The van der Waals surface area contributed by atoms with Crippen LogP contribution in [0.1, 0.15) is 28.9 Å². The lowest BCUT2D eigenvalue weighted by atomic mass is 10.1. The lowest BCUT2D eigenvalue weighted by Crippen LogP contribution is -2.30. The standard InChI is InChI=1S/C12H14F3N3O2/c13-12(14,15)9-2-1-8(10(16)19)11(18-9)17-7-3-5-20-6-4-7/h1-2,7H,3-6H2,(H2,16,19)(H,17,18). The first kappa shape index (κ1) is 14.6. The largest absolute Gasteiger partial charge is 0.433 e. The number of halogens is 3. The van der Waals surface area contributed by atoms with Crippen molar-refractivity contribution in [3.05, 3.63) is 23.4 Å². The third kappa shape index (κ3) is 3.38. The molecule has 0 radical (unpaired) electrons. The Morgan fingerprint density at radius 1 is 1.35 bits per heavy atom. The fourth-order valence-corrected chi connectivity index (χ4v) is 1.96. The van der Waals surface area contributed by atoms with Crippen molar-refractivity contribution in [2.45, 2.75) is 25.1 Å². The van der Waals surface area contributed by atoms with Gasteiger partial charge in [0.25, 0.3) is 5.91 Å². The summed E-state index contributed by atoms with van der Waals surface area (Å²) in [5, 5.41) is 2.85. The Balaban J connectivity index is 2.29. The van der Waals surface area contributed by atoms with Crippen molar-refractivity contribution in [1.29, 1.82) is 0 Å². The van der Waals surface area contributed by atoms with Gasteiger partial charge in [0.2, 0.25) is 0 Å². The summed E-state index contributed by atoms with van der Waals surface area (Å²) < 4.78 is 43.1. The Bertz CT molecular complexity index is 499. The monoisotopic (exact) mass is 289 g/mol. The van der Waals surface area contributed by atoms with Crippen LogP contribution in [0.4, 0.5) is 19.0 Å². The zero-order valence-electron chi connectivity index (χ0n) is 10.5. The predicted octanol–water partition coefficient (Wildman–Crippen LogP) is 1.79. The molecule has 0 spiro atoms. The van der Waals surface area contributed by atoms with Crippen LogP contribution in [0.25, 0.3) is 0 Å². The lowest BCUT2D eigenvalue weighted by Gasteiger charge is -2.24. The minimum Gasteiger partial charge on any atom is -0.381 e. The number of anilines is 1. The third-order valence-corrected chi connectivity index (χ3v) is 3.01. The van der Waals surface area contributed by atoms with Crippen molar-refractivity contribution in [3.8, 4) is 0 Å². The number of amides is 1. The first-order valence-corrected chi connectivity index (χ1v) is 6.10. The first-order chi connectivity index (χ1) is 9.38. The van der Waals surface area contributed by atoms with Crippen LogP contribution < -0.4 is 11.1 Å². The molecule has 0 unspecified atom stereocenters. The van der Waals surface area contributed by atoms with E-state index in [1.807, 2.05) is 0 Å². The molecule has 0 aliphatic carbocycles. The fraction of sp³-hybridized carbons (Fsp3) is 0.500. The number of carbonyl (C=O) groups is 1. The molecular formula is C12H14F3N3O2. The highest BCUT2D eigenvalue weighted by Crippen LogP contribution is 2.30. The van der Waals surface area contributed by atoms with Crippen molar-refractivity contribution in [2.75, 3.05) is 18.5 Å². The minimum atomic E-state index is -4.57. The van der Waals surface area contributed by atoms with E-state index in [0.29, 0.717) is 26.1 Å². The van der Waals surface area contributed by atoms with Crippen LogP contribution in [0.2, 0.25) is 0 Å². The summed E-state index contributed by atoms with van der Waals surface area (Å²) in [6.07, 6.45) is -3.30. The molecule has 1 aromatic heterocycles. The number of nitrogens with one attached hydrogen (secondary N) is 1. The second kappa shape index (κ2) is 5.66. The van der Waals surface area contributed by atoms with Gasteiger partial charge in [0, 0.05) is 19.3 Å². The van der Waals surface area contributed by atoms with Gasteiger partial charge in [-0.05, 0) is 25.0 Å². The number of carbonyl (C=O) groups excluding carboxylic acids is 1. The highest BCUT2D eigenvalue weighted by atomic mass is 19.4. The molecule has 8 heteroatoms. The van der Waals surface area contributed by atoms with Gasteiger partial charge in [-0.2, -0.15) is 13.2 Å². The summed E-state index contributed by atoms with van der Waals surface area (Å²) in [6, 6.07) is 1.70. The molecule has 1 aliphatic heterocycles. The number of hydrogen-bond donors (Lipinski definition) is 2. The number of ether oxygens (including phenoxy) is 1. The van der Waals surface area contributed by atoms with E-state index in [1.54, 1.807) is 0 Å². The van der Waals surface area contributed by atoms with Crippen LogP contribution in [0, 0.1) is 0 Å². The molecule has 1 aliphatic rings. The Labute approximate surface area is 113 Å². The van der Waals surface area contributed by atoms with E-state index in [1.165, 1.54) is 0 Å². The van der Waals surface area contributed by atoms with E-state index < -0.39 is 17.8 Å². The molecule has 0 saturated carbocycles. The third-order valence-electron chi connectivity index (χ3n) is 3.01. The van der Waals surface area contributed by atoms with Gasteiger partial charge in [0.1, 0.15) is 11.5 Å². The Kier molecular flexibility index (Phi) is 4.12. The lowest BCUT2D eigenvalue weighted by molar-refractivity contribution is -0.141. The van der Waals surface area contributed by atoms with Gasteiger partial charge in [-0.3, -0.25) is 4.79 Å². The molecule has 0 aromatic carbocycles. The minimum absolute atomic E-state index is 0.0514. The number of alkyl halides is 3. The van der Waals surface area contributed by atoms with Crippen LogP contribution in [0.15, 0.2) is 12.1 Å². The first-order valence-electron chi connectivity index (χ1n) is 6.10. The van der Waals surface area contributed by atoms with Crippen LogP contribution in [-0.2, 0) is 10.9 Å². The van der Waals surface area contributed by atoms with Gasteiger partial charge in [0.15, 0.2) is 0 Å². The number of pyridine rings is 1. The van der Waals surface area contributed by atoms with Crippen LogP contribution in [0.5, 0.6) is 0 Å². The number of aromatic nitrogens is 1. The molecule has 3 N–H and O–H groups in total. The number of hydrogen-bond acceptors (Lipinski definition) is 4. The van der Waals surface area contributed by atoms with Crippen molar-refractivity contribution in [1.82, 2.24) is 4.98 Å². The number of primary amides is 1. The van der Waals surface area contributed by atoms with Crippen LogP contribution >= 0.6 is 0 Å². The summed E-state index contributed by atoms with van der Waals surface area (Å²) in [5.74, 6) is -0.944. The molecule has 20 heavy (non-hydrogen) atoms. The molecule has 1 fully saturated rings. The SMILES string of the molecule is NC(=O)c1ccc(C(F)(F)F)nc1NC1CCOCC1. The molecule has 110 valence electrons. The van der Waals surface area contributed by atoms with Gasteiger partial charge < -0.3 is 15.8 Å². The maximum absolute atomic E-state index is 12.7. The number of rotatable bonds is 3. The second-order valence-electron chi connectivity index (χ2n) is 4.49. The summed E-state index contributed by atoms with van der Waals surface area (Å²) >= 11 is 0. The summed E-state index contributed by atoms with van der Waals surface area (Å²) in [6.45, 7) is 1.03. The van der Waals surface area contributed by atoms with E-state index in [2.05, 4.69) is 10.3 Å². The van der Waals surface area contributed by atoms with Crippen LogP contribution in [-0.4, -0.2) is 30.1 Å². The highest BCUT2D eigenvalue weighted by molar-refractivity contribution is 5.97. The van der Waals surface area contributed by atoms with Crippen molar-refractivity contribution < 1.29 is 22.7 Å². The molecule has 2 rings (SSSR count). The molecule has 1 amide bonds. The Morgan fingerprint density at radius 2 is 2.00 bits per heavy atom. The quantitative estimate of drug-likeness (QED) is 0.889. The molecule has 1 aromatic rings. The average molecular weight is 289 g/mol. The average Bonchev–Trinajstić information content (AvgIpc) is 2.38. The van der Waals surface area contributed by atoms with E-state index in [9.17, 15) is 18.0 Å². The van der Waals surface area contributed by atoms with Gasteiger partial charge in [-0.25, -0.2) is 4.98 Å². The topological polar surface area (TPSA) is 77.2 Å². The smallest absolute Gasteiger partial charge is 0.381 e. The number of nitrogens with two attached hydrogens (primary N) is 1. The molecular weight excluding hydrogens is 275 g/mol. The molecule has 1 saturated heterocycles. The molecule has 0 atom stereocenters. The normalized spacial score (nSPS) is 16.9. The van der Waals surface area contributed by atoms with Gasteiger partial charge in [-0.1, -0.05) is 0 Å². The zero-order valence-corrected chi connectivity index (χ0v) is 10.5. The summed E-state index contributed by atoms with van der Waals surface area (Å²) in [4.78, 5) is 14.7. The maximum Gasteiger partial charge on any atom is 0.433 e. The molecule has 5 nitrogen and oxygen atoms in total. The molecule has 0 bridgehead atoms. The van der Waals surface area contributed by atoms with Crippen molar-refractivity contribution >= 4 is 11.7 Å². The van der Waals surface area contributed by atoms with Crippen molar-refractivity contribution in [2.24, 2.45) is 5.73 Å². The predicted molar refractivity (Wildman–Crippen MR) is 65.2 cm³/mol. The zero-order chi connectivity index (χ0) is 14.8. The Morgan fingerprint density at radius 3 is 2.55 bits per heavy atom. The van der Waals surface area contributed by atoms with Gasteiger partial charge in [-0.15, -0.1) is 0 Å². The maximum atomic E-state index is 12.7. The van der Waals surface area contributed by atoms with E-state index in [-0.39, 0.29) is 17.4 Å². The van der Waals surface area contributed by atoms with Gasteiger partial charge in [0.05, 0.1) is 5.56 Å². The fourth-order valence-electron chi connectivity index (χ4n) is 1.96. The molecule has 2 heterocycles. The highest BCUT2D eigenvalue weighted by Gasteiger charge is 2.33. The number of nitrogens with zero attached hydrogens (tertiary/aromatic N) is 1. The van der Waals surface area contributed by atoms with Crippen molar-refractivity contribution in [3.63, 3.8) is 0 Å². The summed E-state index contributed by atoms with van der Waals surface area (Å²) in [7, 11) is 0. The summed E-state index contributed by atoms with van der Waals surface area (Å²) in [5.41, 5.74) is 4.04. The van der Waals surface area contributed by atoms with Crippen LogP contribution in [0.3, 0.4) is 0 Å². The van der Waals surface area contributed by atoms with E-state index >= 15 is 0 Å². The van der Waals surface area contributed by atoms with Gasteiger partial charge >= 0.3 is 6.18 Å². The van der Waals surface area contributed by atoms with E-state index in [4.69, 9.17) is 10.5 Å². The second-order valence-corrected chi connectivity index (χ2v) is 4.49. The Hall–Kier alpha value is -1.83. The van der Waals surface area contributed by atoms with E-state index in [0.717, 1.165) is 12.1 Å².